The van der Waals surface area contributed by atoms with Gasteiger partial charge in [-0.1, -0.05) is 30.3 Å². The molecule has 0 aliphatic carbocycles. The second kappa shape index (κ2) is 7.20. The zero-order chi connectivity index (χ0) is 14.4. The number of carbonyl (C=O) groups is 2. The van der Waals surface area contributed by atoms with Crippen molar-refractivity contribution < 1.29 is 14.7 Å². The fraction of sp³-hybridized carbons (Fsp3) is 0.500. The van der Waals surface area contributed by atoms with E-state index in [1.807, 2.05) is 30.3 Å². The van der Waals surface area contributed by atoms with Gasteiger partial charge in [-0.15, -0.1) is 0 Å². The number of likely N-dealkylation sites (tertiary alicyclic amines) is 1. The number of carboxylic acid groups (broad SMARTS) is 1. The summed E-state index contributed by atoms with van der Waals surface area (Å²) < 4.78 is 0. The third-order valence-corrected chi connectivity index (χ3v) is 3.91. The van der Waals surface area contributed by atoms with Crippen LogP contribution in [0.3, 0.4) is 0 Å². The zero-order valence-electron chi connectivity index (χ0n) is 11.6. The van der Waals surface area contributed by atoms with E-state index in [-0.39, 0.29) is 11.7 Å². The van der Waals surface area contributed by atoms with Crippen LogP contribution in [0, 0.1) is 5.92 Å². The summed E-state index contributed by atoms with van der Waals surface area (Å²) >= 11 is 0. The summed E-state index contributed by atoms with van der Waals surface area (Å²) in [5, 5.41) is 8.94. The normalized spacial score (nSPS) is 17.0. The van der Waals surface area contributed by atoms with Gasteiger partial charge in [0.1, 0.15) is 0 Å². The maximum absolute atomic E-state index is 11.9. The van der Waals surface area contributed by atoms with E-state index in [1.54, 1.807) is 0 Å². The van der Waals surface area contributed by atoms with Crippen LogP contribution in [0.5, 0.6) is 0 Å². The molecule has 1 aliphatic heterocycles. The van der Waals surface area contributed by atoms with E-state index in [0.717, 1.165) is 44.5 Å². The van der Waals surface area contributed by atoms with Crippen molar-refractivity contribution in [2.75, 3.05) is 19.6 Å². The lowest BCUT2D eigenvalue weighted by Crippen LogP contribution is -2.36. The zero-order valence-corrected chi connectivity index (χ0v) is 11.6. The van der Waals surface area contributed by atoms with Crippen molar-refractivity contribution in [1.29, 1.82) is 0 Å². The molecule has 0 aromatic heterocycles. The SMILES string of the molecule is O=C(CCCN1CCC(C(=O)O)CC1)c1ccccc1. The summed E-state index contributed by atoms with van der Waals surface area (Å²) in [6, 6.07) is 9.36. The molecule has 20 heavy (non-hydrogen) atoms. The van der Waals surface area contributed by atoms with E-state index >= 15 is 0 Å². The van der Waals surface area contributed by atoms with Gasteiger partial charge in [0.05, 0.1) is 5.92 Å². The van der Waals surface area contributed by atoms with Gasteiger partial charge in [-0.05, 0) is 38.9 Å². The first kappa shape index (κ1) is 14.7. The number of ketones is 1. The maximum Gasteiger partial charge on any atom is 0.306 e. The van der Waals surface area contributed by atoms with E-state index < -0.39 is 5.97 Å². The Hall–Kier alpha value is -1.68. The highest BCUT2D eigenvalue weighted by Crippen LogP contribution is 2.17. The minimum atomic E-state index is -0.677. The molecule has 1 heterocycles. The van der Waals surface area contributed by atoms with Crippen molar-refractivity contribution >= 4 is 11.8 Å². The fourth-order valence-electron chi connectivity index (χ4n) is 2.64. The molecule has 0 bridgehead atoms. The van der Waals surface area contributed by atoms with Crippen LogP contribution < -0.4 is 0 Å². The van der Waals surface area contributed by atoms with E-state index in [9.17, 15) is 9.59 Å². The van der Waals surface area contributed by atoms with Crippen LogP contribution in [0.2, 0.25) is 0 Å². The molecule has 0 spiro atoms. The predicted molar refractivity (Wildman–Crippen MR) is 76.8 cm³/mol. The van der Waals surface area contributed by atoms with Gasteiger partial charge in [0.2, 0.25) is 0 Å². The lowest BCUT2D eigenvalue weighted by Gasteiger charge is -2.29. The average Bonchev–Trinajstić information content (AvgIpc) is 2.48. The van der Waals surface area contributed by atoms with Gasteiger partial charge in [0.25, 0.3) is 0 Å². The van der Waals surface area contributed by atoms with E-state index in [1.165, 1.54) is 0 Å². The number of hydrogen-bond donors (Lipinski definition) is 1. The standard InChI is InChI=1S/C16H21NO3/c18-15(13-5-2-1-3-6-13)7-4-10-17-11-8-14(9-12-17)16(19)20/h1-3,5-6,14H,4,7-12H2,(H,19,20). The number of nitrogens with zero attached hydrogens (tertiary/aromatic N) is 1. The van der Waals surface area contributed by atoms with Crippen molar-refractivity contribution in [1.82, 2.24) is 4.90 Å². The summed E-state index contributed by atoms with van der Waals surface area (Å²) in [4.78, 5) is 25.1. The first-order valence-corrected chi connectivity index (χ1v) is 7.20. The quantitative estimate of drug-likeness (QED) is 0.810. The van der Waals surface area contributed by atoms with Crippen molar-refractivity contribution in [3.63, 3.8) is 0 Å². The van der Waals surface area contributed by atoms with Gasteiger partial charge >= 0.3 is 5.97 Å². The van der Waals surface area contributed by atoms with E-state index in [4.69, 9.17) is 5.11 Å². The van der Waals surface area contributed by atoms with Crippen molar-refractivity contribution in [3.05, 3.63) is 35.9 Å². The Balaban J connectivity index is 1.67. The summed E-state index contributed by atoms with van der Waals surface area (Å²) in [5.74, 6) is -0.674. The molecule has 1 aromatic rings. The molecule has 1 fully saturated rings. The lowest BCUT2D eigenvalue weighted by molar-refractivity contribution is -0.143. The number of aliphatic carboxylic acids is 1. The summed E-state index contributed by atoms with van der Waals surface area (Å²) in [6.45, 7) is 2.54. The molecule has 4 heteroatoms. The van der Waals surface area contributed by atoms with Crippen LogP contribution in [0.1, 0.15) is 36.0 Å². The second-order valence-electron chi connectivity index (χ2n) is 5.35. The molecule has 2 rings (SSSR count). The molecular formula is C16H21NO3. The Morgan fingerprint density at radius 2 is 1.80 bits per heavy atom. The third kappa shape index (κ3) is 4.17. The number of hydrogen-bond acceptors (Lipinski definition) is 3. The van der Waals surface area contributed by atoms with Crippen molar-refractivity contribution in [2.24, 2.45) is 5.92 Å². The molecule has 1 saturated heterocycles. The number of carbonyl (C=O) groups excluding carboxylic acids is 1. The summed E-state index contributed by atoms with van der Waals surface area (Å²) in [6.07, 6.45) is 2.85. The molecule has 1 aliphatic rings. The highest BCUT2D eigenvalue weighted by molar-refractivity contribution is 5.95. The number of rotatable bonds is 6. The Morgan fingerprint density at radius 3 is 2.40 bits per heavy atom. The van der Waals surface area contributed by atoms with Gasteiger partial charge in [0, 0.05) is 12.0 Å². The third-order valence-electron chi connectivity index (χ3n) is 3.91. The Bertz CT molecular complexity index is 450. The van der Waals surface area contributed by atoms with Gasteiger partial charge in [-0.3, -0.25) is 9.59 Å². The number of piperidine rings is 1. The molecule has 1 N–H and O–H groups in total. The van der Waals surface area contributed by atoms with Crippen LogP contribution in [0.4, 0.5) is 0 Å². The lowest BCUT2D eigenvalue weighted by atomic mass is 9.97. The van der Waals surface area contributed by atoms with Crippen LogP contribution >= 0.6 is 0 Å². The molecule has 0 atom stereocenters. The smallest absolute Gasteiger partial charge is 0.306 e. The van der Waals surface area contributed by atoms with Gasteiger partial charge < -0.3 is 10.0 Å². The number of carboxylic acids is 1. The highest BCUT2D eigenvalue weighted by atomic mass is 16.4. The molecular weight excluding hydrogens is 254 g/mol. The van der Waals surface area contributed by atoms with Crippen molar-refractivity contribution in [2.45, 2.75) is 25.7 Å². The highest BCUT2D eigenvalue weighted by Gasteiger charge is 2.24. The van der Waals surface area contributed by atoms with Crippen molar-refractivity contribution in [3.8, 4) is 0 Å². The maximum atomic E-state index is 11.9. The molecule has 0 amide bonds. The van der Waals surface area contributed by atoms with Gasteiger partial charge in [0.15, 0.2) is 5.78 Å². The number of benzene rings is 1. The minimum Gasteiger partial charge on any atom is -0.481 e. The van der Waals surface area contributed by atoms with Crippen LogP contribution in [0.25, 0.3) is 0 Å². The largest absolute Gasteiger partial charge is 0.481 e. The first-order chi connectivity index (χ1) is 9.66. The molecule has 1 aromatic carbocycles. The number of Topliss-reactive ketones (excluding diaryl/α,β-unsaturated/α-hetero) is 1. The van der Waals surface area contributed by atoms with Crippen LogP contribution in [-0.2, 0) is 4.79 Å². The fourth-order valence-corrected chi connectivity index (χ4v) is 2.64. The van der Waals surface area contributed by atoms with Crippen LogP contribution in [0.15, 0.2) is 30.3 Å². The minimum absolute atomic E-state index is 0.183. The topological polar surface area (TPSA) is 57.6 Å². The first-order valence-electron chi connectivity index (χ1n) is 7.20. The Morgan fingerprint density at radius 1 is 1.15 bits per heavy atom. The van der Waals surface area contributed by atoms with Gasteiger partial charge in [-0.2, -0.15) is 0 Å². The van der Waals surface area contributed by atoms with E-state index in [2.05, 4.69) is 4.90 Å². The average molecular weight is 275 g/mol. The molecule has 4 nitrogen and oxygen atoms in total. The molecule has 0 saturated carbocycles. The molecule has 108 valence electrons. The van der Waals surface area contributed by atoms with E-state index in [0.29, 0.717) is 6.42 Å². The second-order valence-corrected chi connectivity index (χ2v) is 5.35. The predicted octanol–water partition coefficient (Wildman–Crippen LogP) is 2.45. The molecule has 0 unspecified atom stereocenters. The summed E-state index contributed by atoms with van der Waals surface area (Å²) in [5.41, 5.74) is 0.775. The monoisotopic (exact) mass is 275 g/mol. The Labute approximate surface area is 119 Å². The summed E-state index contributed by atoms with van der Waals surface area (Å²) in [7, 11) is 0. The molecule has 0 radical (unpaired) electrons. The Kier molecular flexibility index (Phi) is 5.30. The van der Waals surface area contributed by atoms with Gasteiger partial charge in [-0.25, -0.2) is 0 Å². The van der Waals surface area contributed by atoms with Crippen LogP contribution in [-0.4, -0.2) is 41.4 Å².